The summed E-state index contributed by atoms with van der Waals surface area (Å²) in [7, 11) is 0. The highest BCUT2D eigenvalue weighted by atomic mass is 35.5. The van der Waals surface area contributed by atoms with E-state index in [4.69, 9.17) is 20.8 Å². The number of hydrogen-bond acceptors (Lipinski definition) is 11. The number of aromatic nitrogens is 3. The van der Waals surface area contributed by atoms with E-state index in [2.05, 4.69) is 30.8 Å². The molecule has 0 atom stereocenters. The molecule has 2 aromatic heterocycles. The van der Waals surface area contributed by atoms with Crippen LogP contribution in [-0.2, 0) is 4.74 Å². The van der Waals surface area contributed by atoms with E-state index in [1.54, 1.807) is 18.2 Å². The molecule has 39 heavy (non-hydrogen) atoms. The Labute approximate surface area is 228 Å². The number of aryl methyl sites for hydroxylation is 2. The molecule has 1 aliphatic rings. The van der Waals surface area contributed by atoms with Gasteiger partial charge >= 0.3 is 0 Å². The molecule has 3 heterocycles. The van der Waals surface area contributed by atoms with Crippen LogP contribution in [-0.4, -0.2) is 52.4 Å². The first kappa shape index (κ1) is 26.1. The van der Waals surface area contributed by atoms with E-state index in [1.165, 1.54) is 18.3 Å². The molecule has 0 radical (unpaired) electrons. The highest BCUT2D eigenvalue weighted by Crippen LogP contribution is 2.31. The number of hydrogen-bond donors (Lipinski definition) is 2. The molecule has 5 rings (SSSR count). The van der Waals surface area contributed by atoms with Gasteiger partial charge < -0.3 is 19.4 Å². The summed E-state index contributed by atoms with van der Waals surface area (Å²) in [6, 6.07) is 14.0. The van der Waals surface area contributed by atoms with Crippen molar-refractivity contribution in [2.75, 3.05) is 41.9 Å². The predicted octanol–water partition coefficient (Wildman–Crippen LogP) is 5.34. The van der Waals surface area contributed by atoms with Crippen molar-refractivity contribution in [2.24, 2.45) is 5.10 Å². The lowest BCUT2D eigenvalue weighted by Gasteiger charge is -2.27. The normalized spacial score (nSPS) is 13.6. The first-order valence-corrected chi connectivity index (χ1v) is 12.5. The van der Waals surface area contributed by atoms with Crippen LogP contribution in [0.15, 0.2) is 58.0 Å². The Morgan fingerprint density at radius 1 is 1.05 bits per heavy atom. The molecule has 12 nitrogen and oxygen atoms in total. The van der Waals surface area contributed by atoms with Gasteiger partial charge in [0.15, 0.2) is 0 Å². The van der Waals surface area contributed by atoms with E-state index in [0.717, 1.165) is 16.8 Å². The number of rotatable bonds is 8. The maximum atomic E-state index is 11.2. The summed E-state index contributed by atoms with van der Waals surface area (Å²) in [6.07, 6.45) is 1.46. The molecule has 0 saturated carbocycles. The van der Waals surface area contributed by atoms with Crippen LogP contribution in [0.3, 0.4) is 0 Å². The number of anilines is 4. The van der Waals surface area contributed by atoms with Gasteiger partial charge in [0.1, 0.15) is 16.5 Å². The molecule has 200 valence electrons. The van der Waals surface area contributed by atoms with Gasteiger partial charge in [-0.15, -0.1) is 0 Å². The second kappa shape index (κ2) is 11.5. The van der Waals surface area contributed by atoms with Crippen LogP contribution in [0.5, 0.6) is 0 Å². The molecule has 1 fully saturated rings. The lowest BCUT2D eigenvalue weighted by molar-refractivity contribution is -0.384. The zero-order chi connectivity index (χ0) is 27.4. The molecule has 0 spiro atoms. The number of nitrogens with zero attached hydrogens (tertiary/aromatic N) is 6. The van der Waals surface area contributed by atoms with Crippen LogP contribution in [0.2, 0.25) is 5.02 Å². The molecule has 1 saturated heterocycles. The Morgan fingerprint density at radius 3 is 2.64 bits per heavy atom. The van der Waals surface area contributed by atoms with Gasteiger partial charge in [0.2, 0.25) is 17.8 Å². The number of hydrazone groups is 1. The molecule has 0 aliphatic carbocycles. The van der Waals surface area contributed by atoms with E-state index in [9.17, 15) is 10.1 Å². The third-order valence-corrected chi connectivity index (χ3v) is 6.29. The minimum absolute atomic E-state index is 0.0570. The Hall–Kier alpha value is -4.55. The molecule has 0 bridgehead atoms. The van der Waals surface area contributed by atoms with Crippen molar-refractivity contribution in [3.8, 4) is 11.3 Å². The van der Waals surface area contributed by atoms with E-state index in [1.807, 2.05) is 36.9 Å². The number of furan rings is 1. The topological polar surface area (TPSA) is 144 Å². The van der Waals surface area contributed by atoms with Crippen molar-refractivity contribution < 1.29 is 14.1 Å². The van der Waals surface area contributed by atoms with Crippen molar-refractivity contribution in [1.82, 2.24) is 15.0 Å². The summed E-state index contributed by atoms with van der Waals surface area (Å²) in [4.78, 5) is 26.3. The summed E-state index contributed by atoms with van der Waals surface area (Å²) >= 11 is 5.91. The van der Waals surface area contributed by atoms with E-state index in [0.29, 0.717) is 55.3 Å². The van der Waals surface area contributed by atoms with Crippen LogP contribution < -0.4 is 15.6 Å². The van der Waals surface area contributed by atoms with Crippen LogP contribution in [0.25, 0.3) is 11.3 Å². The van der Waals surface area contributed by atoms with Crippen LogP contribution in [0, 0.1) is 24.0 Å². The smallest absolute Gasteiger partial charge is 0.288 e. The SMILES string of the molecule is Cc1ccc(C)c(Nc2nc(N/N=C/c3ccc(-c4ccc(Cl)c([N+](=O)[O-])c4)o3)nc(N3CCOCC3)n2)c1. The number of benzene rings is 2. The van der Waals surface area contributed by atoms with Crippen molar-refractivity contribution in [3.05, 3.63) is 80.6 Å². The highest BCUT2D eigenvalue weighted by molar-refractivity contribution is 6.32. The number of nitro groups is 1. The monoisotopic (exact) mass is 548 g/mol. The molecular formula is C26H25ClN8O4. The fourth-order valence-electron chi connectivity index (χ4n) is 3.90. The average molecular weight is 549 g/mol. The Bertz CT molecular complexity index is 1530. The van der Waals surface area contributed by atoms with Crippen LogP contribution in [0.1, 0.15) is 16.9 Å². The van der Waals surface area contributed by atoms with Gasteiger partial charge in [-0.25, -0.2) is 5.43 Å². The second-order valence-electron chi connectivity index (χ2n) is 8.82. The molecule has 1 aliphatic heterocycles. The van der Waals surface area contributed by atoms with Gasteiger partial charge in [-0.2, -0.15) is 20.1 Å². The molecule has 2 aromatic carbocycles. The number of morpholine rings is 1. The van der Waals surface area contributed by atoms with Gasteiger partial charge in [0.25, 0.3) is 5.69 Å². The van der Waals surface area contributed by atoms with Gasteiger partial charge in [0.05, 0.1) is 24.4 Å². The summed E-state index contributed by atoms with van der Waals surface area (Å²) in [5.41, 5.74) is 6.24. The second-order valence-corrected chi connectivity index (χ2v) is 9.23. The fraction of sp³-hybridized carbons (Fsp3) is 0.231. The van der Waals surface area contributed by atoms with Crippen molar-refractivity contribution in [3.63, 3.8) is 0 Å². The lowest BCUT2D eigenvalue weighted by atomic mass is 10.1. The zero-order valence-corrected chi connectivity index (χ0v) is 22.0. The van der Waals surface area contributed by atoms with Gasteiger partial charge in [0, 0.05) is 30.4 Å². The maximum Gasteiger partial charge on any atom is 0.288 e. The number of nitrogens with one attached hydrogen (secondary N) is 2. The fourth-order valence-corrected chi connectivity index (χ4v) is 4.09. The Kier molecular flexibility index (Phi) is 7.66. The summed E-state index contributed by atoms with van der Waals surface area (Å²) in [5.74, 6) is 1.99. The lowest BCUT2D eigenvalue weighted by Crippen LogP contribution is -2.37. The quantitative estimate of drug-likeness (QED) is 0.168. The van der Waals surface area contributed by atoms with Crippen molar-refractivity contribution >= 4 is 47.0 Å². The van der Waals surface area contributed by atoms with Crippen LogP contribution in [0.4, 0.5) is 29.2 Å². The van der Waals surface area contributed by atoms with Crippen molar-refractivity contribution in [2.45, 2.75) is 13.8 Å². The summed E-state index contributed by atoms with van der Waals surface area (Å²) in [6.45, 7) is 6.53. The Balaban J connectivity index is 1.36. The molecule has 13 heteroatoms. The van der Waals surface area contributed by atoms with Gasteiger partial charge in [-0.1, -0.05) is 23.7 Å². The minimum Gasteiger partial charge on any atom is -0.455 e. The molecular weight excluding hydrogens is 524 g/mol. The molecule has 2 N–H and O–H groups in total. The minimum atomic E-state index is -0.537. The molecule has 4 aromatic rings. The molecule has 0 unspecified atom stereocenters. The van der Waals surface area contributed by atoms with E-state index >= 15 is 0 Å². The highest BCUT2D eigenvalue weighted by Gasteiger charge is 2.18. The van der Waals surface area contributed by atoms with Crippen molar-refractivity contribution in [1.29, 1.82) is 0 Å². The first-order valence-electron chi connectivity index (χ1n) is 12.1. The zero-order valence-electron chi connectivity index (χ0n) is 21.2. The maximum absolute atomic E-state index is 11.2. The molecule has 0 amide bonds. The van der Waals surface area contributed by atoms with E-state index < -0.39 is 4.92 Å². The number of nitro benzene ring substituents is 1. The third-order valence-electron chi connectivity index (χ3n) is 5.97. The summed E-state index contributed by atoms with van der Waals surface area (Å²) in [5, 5.41) is 18.8. The van der Waals surface area contributed by atoms with Gasteiger partial charge in [-0.3, -0.25) is 10.1 Å². The number of halogens is 1. The average Bonchev–Trinajstić information content (AvgIpc) is 3.40. The largest absolute Gasteiger partial charge is 0.455 e. The Morgan fingerprint density at radius 2 is 1.85 bits per heavy atom. The summed E-state index contributed by atoms with van der Waals surface area (Å²) < 4.78 is 11.2. The third kappa shape index (κ3) is 6.30. The number of ether oxygens (including phenoxy) is 1. The predicted molar refractivity (Wildman–Crippen MR) is 149 cm³/mol. The van der Waals surface area contributed by atoms with Crippen LogP contribution >= 0.6 is 11.6 Å². The first-order chi connectivity index (χ1) is 18.9. The van der Waals surface area contributed by atoms with E-state index in [-0.39, 0.29) is 16.7 Å². The van der Waals surface area contributed by atoms with Gasteiger partial charge in [-0.05, 0) is 55.3 Å². The standard InChI is InChI=1S/C26H25ClN8O4/c1-16-3-4-17(2)21(13-16)29-24-30-25(32-26(31-24)34-9-11-38-12-10-34)33-28-15-19-6-8-23(39-19)18-5-7-20(27)22(14-18)35(36)37/h3-8,13-15H,9-12H2,1-2H3,(H2,29,30,31,32,33)/b28-15+.